The van der Waals surface area contributed by atoms with Gasteiger partial charge in [0.1, 0.15) is 24.4 Å². The zero-order valence-corrected chi connectivity index (χ0v) is 22.5. The second-order valence-electron chi connectivity index (χ2n) is 9.68. The Hall–Kier alpha value is -3.36. The molecule has 13 heteroatoms. The summed E-state index contributed by atoms with van der Waals surface area (Å²) in [6.45, 7) is 1.44. The van der Waals surface area contributed by atoms with Crippen molar-refractivity contribution in [3.05, 3.63) is 41.2 Å². The maximum Gasteiger partial charge on any atom is 0.338 e. The molecule has 0 unspecified atom stereocenters. The summed E-state index contributed by atoms with van der Waals surface area (Å²) in [4.78, 5) is 26.1. The summed E-state index contributed by atoms with van der Waals surface area (Å²) in [5.41, 5.74) is 3.09. The fraction of sp³-hybridized carbons (Fsp3) is 0.556. The predicted octanol–water partition coefficient (Wildman–Crippen LogP) is -0.273. The van der Waals surface area contributed by atoms with E-state index in [9.17, 15) is 25.2 Å². The van der Waals surface area contributed by atoms with E-state index in [-0.39, 0.29) is 18.0 Å². The standard InChI is InChI=1S/C27H35N3O10/c1-4-39-21-8-15-16-7-14(40-26(36)25(35)24(34)23(33)19(32)12-31)5-6-18(16)30-22(17(15)9-20(21)37-2)13-10-28-27(38-3)29-11-13/h8-11,14,16,18-19,23-25,31-35H,4-7,12H2,1-3H3/t14-,16-,18-,19-,23-,24+,25-/m1/s1. The van der Waals surface area contributed by atoms with Crippen LogP contribution in [0.1, 0.15) is 48.8 Å². The van der Waals surface area contributed by atoms with Crippen molar-refractivity contribution in [3.8, 4) is 17.5 Å². The van der Waals surface area contributed by atoms with E-state index < -0.39 is 43.1 Å². The van der Waals surface area contributed by atoms with E-state index >= 15 is 0 Å². The molecule has 13 nitrogen and oxygen atoms in total. The Bertz CT molecular complexity index is 1210. The molecule has 5 N–H and O–H groups in total. The minimum absolute atomic E-state index is 0.153. The van der Waals surface area contributed by atoms with Crippen molar-refractivity contribution in [2.24, 2.45) is 4.99 Å². The molecule has 2 aliphatic rings. The van der Waals surface area contributed by atoms with E-state index in [4.69, 9.17) is 29.0 Å². The SMILES string of the molecule is CCOc1cc2c(cc1OC)C(c1cnc(OC)nc1)=N[C@@H]1CC[C@@H](OC(=O)[C@H](O)[C@@H](O)[C@H](O)[C@H](O)CO)C[C@H]21. The first kappa shape index (κ1) is 29.6. The molecular formula is C27H35N3O10. The van der Waals surface area contributed by atoms with E-state index in [1.165, 1.54) is 7.11 Å². The van der Waals surface area contributed by atoms with Crippen LogP contribution < -0.4 is 14.2 Å². The molecule has 1 aromatic heterocycles. The molecule has 218 valence electrons. The third kappa shape index (κ3) is 6.03. The number of hydrogen-bond acceptors (Lipinski definition) is 13. The quantitative estimate of drug-likeness (QED) is 0.226. The first-order chi connectivity index (χ1) is 19.2. The van der Waals surface area contributed by atoms with Gasteiger partial charge in [-0.2, -0.15) is 0 Å². The lowest BCUT2D eigenvalue weighted by Gasteiger charge is -2.39. The second kappa shape index (κ2) is 12.9. The summed E-state index contributed by atoms with van der Waals surface area (Å²) in [5.74, 6) is -0.219. The summed E-state index contributed by atoms with van der Waals surface area (Å²) in [6, 6.07) is 3.84. The average Bonchev–Trinajstić information content (AvgIpc) is 2.99. The molecule has 1 aliphatic heterocycles. The highest BCUT2D eigenvalue weighted by atomic mass is 16.6. The zero-order valence-electron chi connectivity index (χ0n) is 22.5. The summed E-state index contributed by atoms with van der Waals surface area (Å²) < 4.78 is 22.0. The Morgan fingerprint density at radius 2 is 1.75 bits per heavy atom. The molecule has 4 rings (SSSR count). The maximum atomic E-state index is 12.6. The van der Waals surface area contributed by atoms with Crippen LogP contribution in [0.2, 0.25) is 0 Å². The minimum Gasteiger partial charge on any atom is -0.493 e. The van der Waals surface area contributed by atoms with Gasteiger partial charge in [-0.25, -0.2) is 14.8 Å². The number of aliphatic hydroxyl groups excluding tert-OH is 5. The van der Waals surface area contributed by atoms with E-state index in [1.54, 1.807) is 19.5 Å². The van der Waals surface area contributed by atoms with Gasteiger partial charge in [0.05, 0.1) is 39.2 Å². The van der Waals surface area contributed by atoms with Crippen molar-refractivity contribution < 1.29 is 49.3 Å². The molecule has 2 aromatic rings. The number of aliphatic imine (C=N–C) groups is 1. The Labute approximate surface area is 231 Å². The number of carbonyl (C=O) groups is 1. The van der Waals surface area contributed by atoms with E-state index in [2.05, 4.69) is 9.97 Å². The Morgan fingerprint density at radius 1 is 1.02 bits per heavy atom. The fourth-order valence-electron chi connectivity index (χ4n) is 5.13. The molecule has 0 spiro atoms. The molecule has 2 heterocycles. The van der Waals surface area contributed by atoms with Gasteiger partial charge in [-0.3, -0.25) is 4.99 Å². The topological polar surface area (TPSA) is 193 Å². The van der Waals surface area contributed by atoms with Crippen LogP contribution in [0.25, 0.3) is 0 Å². The third-order valence-corrected chi connectivity index (χ3v) is 7.21. The van der Waals surface area contributed by atoms with Crippen LogP contribution in [-0.4, -0.2) is 111 Å². The predicted molar refractivity (Wildman–Crippen MR) is 140 cm³/mol. The van der Waals surface area contributed by atoms with Crippen LogP contribution in [0.5, 0.6) is 17.5 Å². The number of benzene rings is 1. The van der Waals surface area contributed by atoms with Gasteiger partial charge in [0.2, 0.25) is 0 Å². The Kier molecular flexibility index (Phi) is 9.53. The van der Waals surface area contributed by atoms with Gasteiger partial charge in [-0.05, 0) is 43.9 Å². The van der Waals surface area contributed by atoms with E-state index in [1.807, 2.05) is 19.1 Å². The lowest BCUT2D eigenvalue weighted by atomic mass is 9.74. The van der Waals surface area contributed by atoms with Crippen LogP contribution in [0, 0.1) is 0 Å². The van der Waals surface area contributed by atoms with Crippen LogP contribution >= 0.6 is 0 Å². The van der Waals surface area contributed by atoms with Crippen molar-refractivity contribution >= 4 is 11.7 Å². The Balaban J connectivity index is 1.62. The maximum absolute atomic E-state index is 12.6. The number of esters is 1. The monoisotopic (exact) mass is 561 g/mol. The number of aromatic nitrogens is 2. The molecule has 1 fully saturated rings. The van der Waals surface area contributed by atoms with E-state index in [0.29, 0.717) is 48.6 Å². The van der Waals surface area contributed by atoms with Gasteiger partial charge in [0.15, 0.2) is 17.6 Å². The number of methoxy groups -OCH3 is 2. The van der Waals surface area contributed by atoms with Crippen molar-refractivity contribution in [2.75, 3.05) is 27.4 Å². The Morgan fingerprint density at radius 3 is 2.38 bits per heavy atom. The summed E-state index contributed by atoms with van der Waals surface area (Å²) >= 11 is 0. The molecule has 0 saturated heterocycles. The number of carbonyl (C=O) groups excluding carboxylic acids is 1. The van der Waals surface area contributed by atoms with Crippen LogP contribution in [-0.2, 0) is 9.53 Å². The lowest BCUT2D eigenvalue weighted by molar-refractivity contribution is -0.176. The number of rotatable bonds is 11. The number of ether oxygens (including phenoxy) is 4. The first-order valence-corrected chi connectivity index (χ1v) is 13.0. The van der Waals surface area contributed by atoms with Crippen LogP contribution in [0.3, 0.4) is 0 Å². The van der Waals surface area contributed by atoms with Gasteiger partial charge in [0.25, 0.3) is 0 Å². The van der Waals surface area contributed by atoms with Gasteiger partial charge in [-0.1, -0.05) is 0 Å². The molecule has 0 radical (unpaired) electrons. The molecule has 0 amide bonds. The van der Waals surface area contributed by atoms with Gasteiger partial charge < -0.3 is 44.5 Å². The molecule has 40 heavy (non-hydrogen) atoms. The van der Waals surface area contributed by atoms with Crippen molar-refractivity contribution in [1.82, 2.24) is 9.97 Å². The third-order valence-electron chi connectivity index (χ3n) is 7.21. The summed E-state index contributed by atoms with van der Waals surface area (Å²) in [5, 5.41) is 48.6. The van der Waals surface area contributed by atoms with Crippen molar-refractivity contribution in [2.45, 2.75) is 68.7 Å². The molecule has 7 atom stereocenters. The number of nitrogens with zero attached hydrogens (tertiary/aromatic N) is 3. The molecular weight excluding hydrogens is 526 g/mol. The van der Waals surface area contributed by atoms with Crippen LogP contribution in [0.4, 0.5) is 0 Å². The highest BCUT2D eigenvalue weighted by molar-refractivity contribution is 6.14. The summed E-state index contributed by atoms with van der Waals surface area (Å²) in [7, 11) is 3.04. The lowest BCUT2D eigenvalue weighted by Crippen LogP contribution is -2.50. The summed E-state index contributed by atoms with van der Waals surface area (Å²) in [6.07, 6.45) is -3.77. The fourth-order valence-corrected chi connectivity index (χ4v) is 5.13. The first-order valence-electron chi connectivity index (χ1n) is 13.0. The van der Waals surface area contributed by atoms with Crippen molar-refractivity contribution in [3.63, 3.8) is 0 Å². The number of fused-ring (bicyclic) bond motifs is 3. The second-order valence-corrected chi connectivity index (χ2v) is 9.68. The highest BCUT2D eigenvalue weighted by Gasteiger charge is 2.41. The largest absolute Gasteiger partial charge is 0.493 e. The normalized spacial score (nSPS) is 23.0. The molecule has 1 saturated carbocycles. The molecule has 0 bridgehead atoms. The average molecular weight is 562 g/mol. The van der Waals surface area contributed by atoms with Crippen LogP contribution in [0.15, 0.2) is 29.5 Å². The van der Waals surface area contributed by atoms with Gasteiger partial charge in [-0.15, -0.1) is 0 Å². The van der Waals surface area contributed by atoms with Crippen molar-refractivity contribution in [1.29, 1.82) is 0 Å². The van der Waals surface area contributed by atoms with Gasteiger partial charge in [0, 0.05) is 29.4 Å². The minimum atomic E-state index is -2.11. The zero-order chi connectivity index (χ0) is 29.0. The molecule has 1 aliphatic carbocycles. The van der Waals surface area contributed by atoms with Gasteiger partial charge >= 0.3 is 12.0 Å². The molecule has 1 aromatic carbocycles. The number of hydrogen-bond donors (Lipinski definition) is 5. The van der Waals surface area contributed by atoms with E-state index in [0.717, 1.165) is 11.1 Å². The highest BCUT2D eigenvalue weighted by Crippen LogP contribution is 2.45. The smallest absolute Gasteiger partial charge is 0.338 e. The number of aliphatic hydroxyl groups is 5.